The number of hydrogen-bond donors (Lipinski definition) is 1. The lowest BCUT2D eigenvalue weighted by molar-refractivity contribution is -0.151. The van der Waals surface area contributed by atoms with Crippen LogP contribution in [-0.4, -0.2) is 48.9 Å². The Labute approximate surface area is 174 Å². The first-order valence-corrected chi connectivity index (χ1v) is 10.2. The Morgan fingerprint density at radius 1 is 1.13 bits per heavy atom. The van der Waals surface area contributed by atoms with Gasteiger partial charge < -0.3 is 24.3 Å². The number of ether oxygens (including phenoxy) is 1. The molecule has 0 saturated carbocycles. The van der Waals surface area contributed by atoms with Gasteiger partial charge >= 0.3 is 5.97 Å². The maximum atomic E-state index is 12.3. The number of nitrogens with one attached hydrogen (secondary N) is 1. The van der Waals surface area contributed by atoms with E-state index >= 15 is 0 Å². The zero-order chi connectivity index (χ0) is 20.9. The summed E-state index contributed by atoms with van der Waals surface area (Å²) in [7, 11) is 0. The van der Waals surface area contributed by atoms with Gasteiger partial charge in [0, 0.05) is 37.4 Å². The van der Waals surface area contributed by atoms with Gasteiger partial charge in [-0.25, -0.2) is 0 Å². The number of furan rings is 1. The van der Waals surface area contributed by atoms with Crippen LogP contribution in [0.1, 0.15) is 25.0 Å². The Bertz CT molecular complexity index is 888. The molecule has 8 nitrogen and oxygen atoms in total. The molecule has 2 aromatic rings. The van der Waals surface area contributed by atoms with Crippen molar-refractivity contribution in [2.75, 3.05) is 36.5 Å². The predicted octanol–water partition coefficient (Wildman–Crippen LogP) is 2.41. The number of rotatable bonds is 7. The molecular formula is C22H25N3O5. The Kier molecular flexibility index (Phi) is 6.02. The monoisotopic (exact) mass is 411 g/mol. The van der Waals surface area contributed by atoms with E-state index in [0.717, 1.165) is 18.8 Å². The van der Waals surface area contributed by atoms with Gasteiger partial charge in [-0.05, 0) is 49.2 Å². The maximum absolute atomic E-state index is 12.3. The van der Waals surface area contributed by atoms with E-state index in [1.807, 2.05) is 24.3 Å². The minimum atomic E-state index is -0.569. The SMILES string of the molecule is O=C(COC(=O)[C@H]1CC(=O)N(Cc2ccco2)C1)Nc1ccc(N2CCCC2)cc1. The van der Waals surface area contributed by atoms with Crippen LogP contribution in [0.25, 0.3) is 0 Å². The van der Waals surface area contributed by atoms with Crippen molar-refractivity contribution in [1.82, 2.24) is 4.90 Å². The third kappa shape index (κ3) is 4.82. The number of carbonyl (C=O) groups is 3. The molecule has 0 spiro atoms. The summed E-state index contributed by atoms with van der Waals surface area (Å²) in [5.41, 5.74) is 1.79. The normalized spacial score (nSPS) is 18.7. The zero-order valence-electron chi connectivity index (χ0n) is 16.7. The average molecular weight is 411 g/mol. The number of esters is 1. The smallest absolute Gasteiger partial charge is 0.311 e. The number of benzene rings is 1. The van der Waals surface area contributed by atoms with Crippen LogP contribution >= 0.6 is 0 Å². The largest absolute Gasteiger partial charge is 0.467 e. The van der Waals surface area contributed by atoms with Crippen molar-refractivity contribution in [3.8, 4) is 0 Å². The van der Waals surface area contributed by atoms with E-state index in [2.05, 4.69) is 10.2 Å². The Balaban J connectivity index is 1.21. The highest BCUT2D eigenvalue weighted by molar-refractivity contribution is 5.93. The van der Waals surface area contributed by atoms with E-state index in [1.54, 1.807) is 23.3 Å². The topological polar surface area (TPSA) is 92.1 Å². The number of amides is 2. The third-order valence-electron chi connectivity index (χ3n) is 5.44. The lowest BCUT2D eigenvalue weighted by Gasteiger charge is -2.17. The predicted molar refractivity (Wildman–Crippen MR) is 110 cm³/mol. The van der Waals surface area contributed by atoms with Gasteiger partial charge in [0.1, 0.15) is 5.76 Å². The van der Waals surface area contributed by atoms with Crippen molar-refractivity contribution < 1.29 is 23.5 Å². The number of hydrogen-bond acceptors (Lipinski definition) is 6. The van der Waals surface area contributed by atoms with Crippen molar-refractivity contribution in [2.24, 2.45) is 5.92 Å². The van der Waals surface area contributed by atoms with Crippen LogP contribution in [0, 0.1) is 5.92 Å². The zero-order valence-corrected chi connectivity index (χ0v) is 16.7. The molecule has 1 N–H and O–H groups in total. The molecule has 1 aromatic carbocycles. The summed E-state index contributed by atoms with van der Waals surface area (Å²) in [6.07, 6.45) is 4.04. The molecule has 30 heavy (non-hydrogen) atoms. The summed E-state index contributed by atoms with van der Waals surface area (Å²) >= 11 is 0. The number of anilines is 2. The molecule has 3 heterocycles. The first kappa shape index (κ1) is 20.0. The molecule has 2 amide bonds. The van der Waals surface area contributed by atoms with Crippen molar-refractivity contribution in [3.05, 3.63) is 48.4 Å². The summed E-state index contributed by atoms with van der Waals surface area (Å²) in [6, 6.07) is 11.2. The quantitative estimate of drug-likeness (QED) is 0.704. The summed E-state index contributed by atoms with van der Waals surface area (Å²) in [6.45, 7) is 2.32. The van der Waals surface area contributed by atoms with Crippen LogP contribution in [-0.2, 0) is 25.7 Å². The fraction of sp³-hybridized carbons (Fsp3) is 0.409. The van der Waals surface area contributed by atoms with E-state index < -0.39 is 17.8 Å². The Morgan fingerprint density at radius 2 is 1.90 bits per heavy atom. The number of likely N-dealkylation sites (tertiary alicyclic amines) is 1. The third-order valence-corrected chi connectivity index (χ3v) is 5.44. The van der Waals surface area contributed by atoms with Crippen molar-refractivity contribution >= 4 is 29.2 Å². The first-order chi connectivity index (χ1) is 14.6. The molecular weight excluding hydrogens is 386 g/mol. The van der Waals surface area contributed by atoms with Crippen molar-refractivity contribution in [1.29, 1.82) is 0 Å². The molecule has 1 atom stereocenters. The summed E-state index contributed by atoms with van der Waals surface area (Å²) in [5.74, 6) is -0.984. The van der Waals surface area contributed by atoms with Crippen LogP contribution in [0.4, 0.5) is 11.4 Å². The van der Waals surface area contributed by atoms with E-state index in [0.29, 0.717) is 18.0 Å². The highest BCUT2D eigenvalue weighted by atomic mass is 16.5. The number of carbonyl (C=O) groups excluding carboxylic acids is 3. The highest BCUT2D eigenvalue weighted by Crippen LogP contribution is 2.23. The Morgan fingerprint density at radius 3 is 2.60 bits per heavy atom. The van der Waals surface area contributed by atoms with Crippen LogP contribution in [0.3, 0.4) is 0 Å². The van der Waals surface area contributed by atoms with Crippen LogP contribution in [0.2, 0.25) is 0 Å². The van der Waals surface area contributed by atoms with Gasteiger partial charge in [-0.3, -0.25) is 14.4 Å². The van der Waals surface area contributed by atoms with Gasteiger partial charge in [-0.2, -0.15) is 0 Å². The fourth-order valence-corrected chi connectivity index (χ4v) is 3.86. The molecule has 0 unspecified atom stereocenters. The van der Waals surface area contributed by atoms with Crippen LogP contribution in [0.5, 0.6) is 0 Å². The molecule has 158 valence electrons. The van der Waals surface area contributed by atoms with Gasteiger partial charge in [-0.15, -0.1) is 0 Å². The second kappa shape index (κ2) is 9.02. The molecule has 2 saturated heterocycles. The fourth-order valence-electron chi connectivity index (χ4n) is 3.86. The summed E-state index contributed by atoms with van der Waals surface area (Å²) < 4.78 is 10.4. The first-order valence-electron chi connectivity index (χ1n) is 10.2. The molecule has 2 aliphatic heterocycles. The molecule has 0 bridgehead atoms. The van der Waals surface area contributed by atoms with E-state index in [4.69, 9.17) is 9.15 Å². The van der Waals surface area contributed by atoms with E-state index in [-0.39, 0.29) is 25.5 Å². The van der Waals surface area contributed by atoms with Gasteiger partial charge in [0.2, 0.25) is 5.91 Å². The maximum Gasteiger partial charge on any atom is 0.311 e. The number of nitrogens with zero attached hydrogens (tertiary/aromatic N) is 2. The van der Waals surface area contributed by atoms with Gasteiger partial charge in [0.15, 0.2) is 6.61 Å². The van der Waals surface area contributed by atoms with Gasteiger partial charge in [0.05, 0.1) is 18.7 Å². The molecule has 2 fully saturated rings. The second-order valence-corrected chi connectivity index (χ2v) is 7.65. The molecule has 4 rings (SSSR count). The molecule has 0 radical (unpaired) electrons. The van der Waals surface area contributed by atoms with Crippen LogP contribution in [0.15, 0.2) is 47.1 Å². The van der Waals surface area contributed by atoms with E-state index in [9.17, 15) is 14.4 Å². The van der Waals surface area contributed by atoms with Gasteiger partial charge in [0.25, 0.3) is 5.91 Å². The second-order valence-electron chi connectivity index (χ2n) is 7.65. The lowest BCUT2D eigenvalue weighted by Crippen LogP contribution is -2.28. The summed E-state index contributed by atoms with van der Waals surface area (Å²) in [5, 5.41) is 2.73. The van der Waals surface area contributed by atoms with Crippen molar-refractivity contribution in [3.63, 3.8) is 0 Å². The molecule has 2 aliphatic rings. The van der Waals surface area contributed by atoms with Gasteiger partial charge in [-0.1, -0.05) is 0 Å². The lowest BCUT2D eigenvalue weighted by atomic mass is 10.1. The van der Waals surface area contributed by atoms with E-state index in [1.165, 1.54) is 12.8 Å². The average Bonchev–Trinajstić information content (AvgIpc) is 3.50. The van der Waals surface area contributed by atoms with Crippen LogP contribution < -0.4 is 10.2 Å². The molecule has 8 heteroatoms. The highest BCUT2D eigenvalue weighted by Gasteiger charge is 2.35. The molecule has 1 aromatic heterocycles. The standard InChI is InChI=1S/C22H25N3O5/c26-20(23-17-5-7-18(8-6-17)24-9-1-2-10-24)15-30-22(28)16-12-21(27)25(13-16)14-19-4-3-11-29-19/h3-8,11,16H,1-2,9-10,12-15H2,(H,23,26)/t16-/m0/s1. The Hall–Kier alpha value is -3.29. The summed E-state index contributed by atoms with van der Waals surface area (Å²) in [4.78, 5) is 40.4. The minimum absolute atomic E-state index is 0.0825. The minimum Gasteiger partial charge on any atom is -0.467 e. The van der Waals surface area contributed by atoms with Crippen molar-refractivity contribution in [2.45, 2.75) is 25.8 Å². The molecule has 0 aliphatic carbocycles.